The van der Waals surface area contributed by atoms with Gasteiger partial charge in [0.1, 0.15) is 11.9 Å². The maximum absolute atomic E-state index is 13.1. The molecule has 1 unspecified atom stereocenters. The number of halogens is 2. The van der Waals surface area contributed by atoms with E-state index in [0.717, 1.165) is 0 Å². The number of para-hydroxylation sites is 1. The highest BCUT2D eigenvalue weighted by Crippen LogP contribution is 2.31. The number of aliphatic hydroxyl groups excluding tert-OH is 1. The van der Waals surface area contributed by atoms with Crippen LogP contribution >= 0.6 is 11.6 Å². The van der Waals surface area contributed by atoms with Crippen LogP contribution in [0.3, 0.4) is 0 Å². The number of rotatable bonds is 2. The molecule has 0 aliphatic heterocycles. The van der Waals surface area contributed by atoms with Crippen LogP contribution in [-0.2, 0) is 0 Å². The van der Waals surface area contributed by atoms with Gasteiger partial charge in [-0.25, -0.2) is 4.39 Å². The Hall–Kier alpha value is -1.58. The van der Waals surface area contributed by atoms with Gasteiger partial charge in [0.15, 0.2) is 0 Å². The number of nitrogen functional groups attached to an aromatic ring is 1. The SMILES string of the molecule is Nc1ccccc1C(O)c1cc(F)ccc1Cl. The lowest BCUT2D eigenvalue weighted by Crippen LogP contribution is -2.04. The van der Waals surface area contributed by atoms with Gasteiger partial charge in [0.25, 0.3) is 0 Å². The second-order valence-corrected chi connectivity index (χ2v) is 4.10. The zero-order chi connectivity index (χ0) is 12.4. The van der Waals surface area contributed by atoms with Crippen LogP contribution in [0.2, 0.25) is 5.02 Å². The van der Waals surface area contributed by atoms with Gasteiger partial charge in [0.05, 0.1) is 0 Å². The Morgan fingerprint density at radius 1 is 1.12 bits per heavy atom. The van der Waals surface area contributed by atoms with Crippen LogP contribution in [-0.4, -0.2) is 5.11 Å². The fourth-order valence-corrected chi connectivity index (χ4v) is 1.87. The van der Waals surface area contributed by atoms with E-state index in [9.17, 15) is 9.50 Å². The summed E-state index contributed by atoms with van der Waals surface area (Å²) >= 11 is 5.93. The molecule has 1 atom stereocenters. The maximum atomic E-state index is 13.1. The lowest BCUT2D eigenvalue weighted by molar-refractivity contribution is 0.220. The van der Waals surface area contributed by atoms with E-state index in [0.29, 0.717) is 21.8 Å². The lowest BCUT2D eigenvalue weighted by Gasteiger charge is -2.15. The predicted molar refractivity (Wildman–Crippen MR) is 66.3 cm³/mol. The van der Waals surface area contributed by atoms with Crippen molar-refractivity contribution in [3.63, 3.8) is 0 Å². The summed E-state index contributed by atoms with van der Waals surface area (Å²) in [6, 6.07) is 10.7. The number of hydrogen-bond donors (Lipinski definition) is 2. The van der Waals surface area contributed by atoms with Crippen LogP contribution in [0, 0.1) is 5.82 Å². The molecule has 0 aliphatic carbocycles. The molecule has 0 aliphatic rings. The number of anilines is 1. The third-order valence-electron chi connectivity index (χ3n) is 2.54. The highest BCUT2D eigenvalue weighted by Gasteiger charge is 2.16. The molecule has 2 rings (SSSR count). The smallest absolute Gasteiger partial charge is 0.123 e. The first-order valence-electron chi connectivity index (χ1n) is 5.07. The van der Waals surface area contributed by atoms with Crippen molar-refractivity contribution in [2.75, 3.05) is 5.73 Å². The quantitative estimate of drug-likeness (QED) is 0.806. The van der Waals surface area contributed by atoms with Crippen LogP contribution in [0.5, 0.6) is 0 Å². The molecule has 4 heteroatoms. The van der Waals surface area contributed by atoms with Crippen LogP contribution < -0.4 is 5.73 Å². The fraction of sp³-hybridized carbons (Fsp3) is 0.0769. The van der Waals surface area contributed by atoms with Gasteiger partial charge in [0.2, 0.25) is 0 Å². The van der Waals surface area contributed by atoms with Crippen LogP contribution in [0.4, 0.5) is 10.1 Å². The molecule has 0 heterocycles. The highest BCUT2D eigenvalue weighted by molar-refractivity contribution is 6.31. The second kappa shape index (κ2) is 4.73. The summed E-state index contributed by atoms with van der Waals surface area (Å²) < 4.78 is 13.1. The molecule has 0 spiro atoms. The molecule has 3 N–H and O–H groups in total. The molecule has 0 fully saturated rings. The van der Waals surface area contributed by atoms with Gasteiger partial charge in [-0.3, -0.25) is 0 Å². The summed E-state index contributed by atoms with van der Waals surface area (Å²) in [7, 11) is 0. The first-order chi connectivity index (χ1) is 8.09. The lowest BCUT2D eigenvalue weighted by atomic mass is 10.00. The topological polar surface area (TPSA) is 46.2 Å². The standard InChI is InChI=1S/C13H11ClFNO/c14-11-6-5-8(15)7-10(11)13(17)9-3-1-2-4-12(9)16/h1-7,13,17H,16H2. The normalized spacial score (nSPS) is 12.4. The highest BCUT2D eigenvalue weighted by atomic mass is 35.5. The van der Waals surface area contributed by atoms with E-state index in [4.69, 9.17) is 17.3 Å². The zero-order valence-corrected chi connectivity index (χ0v) is 9.66. The third-order valence-corrected chi connectivity index (χ3v) is 2.89. The van der Waals surface area contributed by atoms with Gasteiger partial charge in [-0.15, -0.1) is 0 Å². The molecule has 0 radical (unpaired) electrons. The van der Waals surface area contributed by atoms with E-state index in [2.05, 4.69) is 0 Å². The fourth-order valence-electron chi connectivity index (χ4n) is 1.65. The monoisotopic (exact) mass is 251 g/mol. The maximum Gasteiger partial charge on any atom is 0.123 e. The average Bonchev–Trinajstić information content (AvgIpc) is 2.32. The number of hydrogen-bond acceptors (Lipinski definition) is 2. The van der Waals surface area contributed by atoms with Crippen molar-refractivity contribution in [3.05, 3.63) is 64.4 Å². The van der Waals surface area contributed by atoms with Crippen molar-refractivity contribution in [1.29, 1.82) is 0 Å². The Morgan fingerprint density at radius 2 is 1.82 bits per heavy atom. The largest absolute Gasteiger partial charge is 0.398 e. The Kier molecular flexibility index (Phi) is 3.31. The van der Waals surface area contributed by atoms with E-state index in [1.165, 1.54) is 18.2 Å². The Morgan fingerprint density at radius 3 is 2.53 bits per heavy atom. The van der Waals surface area contributed by atoms with Gasteiger partial charge in [-0.1, -0.05) is 29.8 Å². The molecule has 2 nitrogen and oxygen atoms in total. The average molecular weight is 252 g/mol. The van der Waals surface area contributed by atoms with Crippen molar-refractivity contribution in [3.8, 4) is 0 Å². The molecule has 2 aromatic carbocycles. The molecule has 0 bridgehead atoms. The summed E-state index contributed by atoms with van der Waals surface area (Å²) in [6.07, 6.45) is -1.03. The summed E-state index contributed by atoms with van der Waals surface area (Å²) in [5.41, 5.74) is 7.02. The molecule has 0 saturated carbocycles. The Labute approximate surface area is 103 Å². The van der Waals surface area contributed by atoms with E-state index >= 15 is 0 Å². The van der Waals surface area contributed by atoms with Crippen molar-refractivity contribution in [2.24, 2.45) is 0 Å². The van der Waals surface area contributed by atoms with E-state index in [-0.39, 0.29) is 0 Å². The van der Waals surface area contributed by atoms with E-state index in [1.54, 1.807) is 24.3 Å². The Bertz CT molecular complexity index is 545. The van der Waals surface area contributed by atoms with Gasteiger partial charge in [-0.05, 0) is 24.3 Å². The molecule has 0 aromatic heterocycles. The van der Waals surface area contributed by atoms with Gasteiger partial charge in [-0.2, -0.15) is 0 Å². The summed E-state index contributed by atoms with van der Waals surface area (Å²) in [5.74, 6) is -0.446. The summed E-state index contributed by atoms with van der Waals surface area (Å²) in [6.45, 7) is 0. The molecule has 17 heavy (non-hydrogen) atoms. The van der Waals surface area contributed by atoms with Gasteiger partial charge >= 0.3 is 0 Å². The summed E-state index contributed by atoms with van der Waals surface area (Å²) in [5, 5.41) is 10.5. The molecular weight excluding hydrogens is 241 g/mol. The second-order valence-electron chi connectivity index (χ2n) is 3.70. The van der Waals surface area contributed by atoms with Gasteiger partial charge in [0, 0.05) is 21.8 Å². The first-order valence-corrected chi connectivity index (χ1v) is 5.45. The van der Waals surface area contributed by atoms with E-state index in [1.807, 2.05) is 0 Å². The number of aliphatic hydroxyl groups is 1. The van der Waals surface area contributed by atoms with Crippen molar-refractivity contribution >= 4 is 17.3 Å². The van der Waals surface area contributed by atoms with E-state index < -0.39 is 11.9 Å². The minimum Gasteiger partial charge on any atom is -0.398 e. The van der Waals surface area contributed by atoms with Crippen molar-refractivity contribution < 1.29 is 9.50 Å². The van der Waals surface area contributed by atoms with Crippen LogP contribution in [0.1, 0.15) is 17.2 Å². The minimum absolute atomic E-state index is 0.308. The zero-order valence-electron chi connectivity index (χ0n) is 8.90. The first kappa shape index (κ1) is 11.9. The van der Waals surface area contributed by atoms with Crippen LogP contribution in [0.25, 0.3) is 0 Å². The van der Waals surface area contributed by atoms with Crippen molar-refractivity contribution in [1.82, 2.24) is 0 Å². The molecule has 0 saturated heterocycles. The number of nitrogens with two attached hydrogens (primary N) is 1. The van der Waals surface area contributed by atoms with Gasteiger partial charge < -0.3 is 10.8 Å². The Balaban J connectivity index is 2.47. The molecule has 0 amide bonds. The predicted octanol–water partition coefficient (Wildman–Crippen LogP) is 3.14. The van der Waals surface area contributed by atoms with Crippen molar-refractivity contribution in [2.45, 2.75) is 6.10 Å². The molecular formula is C13H11ClFNO. The summed E-state index contributed by atoms with van der Waals surface area (Å²) in [4.78, 5) is 0. The molecule has 88 valence electrons. The number of benzene rings is 2. The van der Waals surface area contributed by atoms with Crippen LogP contribution in [0.15, 0.2) is 42.5 Å². The molecule has 2 aromatic rings. The third kappa shape index (κ3) is 2.40. The minimum atomic E-state index is -1.03.